The second kappa shape index (κ2) is 6.80. The van der Waals surface area contributed by atoms with Gasteiger partial charge < -0.3 is 5.32 Å². The molecule has 0 heterocycles. The van der Waals surface area contributed by atoms with Crippen LogP contribution in [0, 0.1) is 12.3 Å². The lowest BCUT2D eigenvalue weighted by Gasteiger charge is -2.03. The van der Waals surface area contributed by atoms with Crippen LogP contribution < -0.4 is 5.32 Å². The maximum atomic E-state index is 11.1. The van der Waals surface area contributed by atoms with Crippen molar-refractivity contribution in [3.8, 4) is 12.3 Å². The Labute approximate surface area is 90.7 Å². The van der Waals surface area contributed by atoms with E-state index in [2.05, 4.69) is 23.4 Å². The van der Waals surface area contributed by atoms with Gasteiger partial charge in [0.2, 0.25) is 0 Å². The molecular formula is C13H15NO. The number of hydrogen-bond acceptors (Lipinski definition) is 2. The van der Waals surface area contributed by atoms with Gasteiger partial charge in [-0.3, -0.25) is 4.79 Å². The molecule has 0 unspecified atom stereocenters. The van der Waals surface area contributed by atoms with Gasteiger partial charge >= 0.3 is 0 Å². The van der Waals surface area contributed by atoms with Crippen LogP contribution in [0.3, 0.4) is 0 Å². The largest absolute Gasteiger partial charge is 0.312 e. The van der Waals surface area contributed by atoms with Crippen LogP contribution in [0.25, 0.3) is 0 Å². The van der Waals surface area contributed by atoms with Crippen molar-refractivity contribution in [1.82, 2.24) is 5.32 Å². The van der Waals surface area contributed by atoms with Crippen molar-refractivity contribution >= 4 is 5.78 Å². The first kappa shape index (κ1) is 11.5. The number of carbonyl (C=O) groups excluding carboxylic acids is 1. The Morgan fingerprint density at radius 2 is 2.07 bits per heavy atom. The molecule has 0 fully saturated rings. The number of carbonyl (C=O) groups is 1. The van der Waals surface area contributed by atoms with Crippen molar-refractivity contribution in [3.63, 3.8) is 0 Å². The summed E-state index contributed by atoms with van der Waals surface area (Å²) in [5.74, 6) is 2.47. The maximum Gasteiger partial charge on any atom is 0.146 e. The van der Waals surface area contributed by atoms with E-state index >= 15 is 0 Å². The Bertz CT molecular complexity index is 337. The van der Waals surface area contributed by atoms with Crippen molar-refractivity contribution in [1.29, 1.82) is 0 Å². The molecule has 1 aromatic carbocycles. The van der Waals surface area contributed by atoms with Crippen LogP contribution in [-0.2, 0) is 11.3 Å². The molecule has 2 heteroatoms. The summed E-state index contributed by atoms with van der Waals surface area (Å²) in [4.78, 5) is 11.1. The summed E-state index contributed by atoms with van der Waals surface area (Å²) in [6.07, 6.45) is 5.79. The normalized spacial score (nSPS) is 9.53. The highest BCUT2D eigenvalue weighted by Gasteiger charge is 1.98. The fraction of sp³-hybridized carbons (Fsp3) is 0.308. The van der Waals surface area contributed by atoms with Crippen LogP contribution in [0.4, 0.5) is 0 Å². The van der Waals surface area contributed by atoms with Gasteiger partial charge in [0.15, 0.2) is 0 Å². The molecule has 1 aromatic rings. The fourth-order valence-corrected chi connectivity index (χ4v) is 1.26. The zero-order chi connectivity index (χ0) is 10.9. The number of rotatable bonds is 6. The van der Waals surface area contributed by atoms with Crippen LogP contribution in [-0.4, -0.2) is 12.3 Å². The van der Waals surface area contributed by atoms with E-state index in [0.29, 0.717) is 13.0 Å². The van der Waals surface area contributed by atoms with E-state index in [1.165, 1.54) is 5.56 Å². The summed E-state index contributed by atoms with van der Waals surface area (Å²) >= 11 is 0. The Kier molecular flexibility index (Phi) is 5.21. The minimum absolute atomic E-state index is 0.123. The Morgan fingerprint density at radius 1 is 1.33 bits per heavy atom. The zero-order valence-electron chi connectivity index (χ0n) is 8.70. The third-order valence-corrected chi connectivity index (χ3v) is 2.05. The Hall–Kier alpha value is -1.59. The third-order valence-electron chi connectivity index (χ3n) is 2.05. The van der Waals surface area contributed by atoms with Crippen molar-refractivity contribution in [2.24, 2.45) is 0 Å². The molecule has 1 N–H and O–H groups in total. The van der Waals surface area contributed by atoms with Gasteiger partial charge in [0, 0.05) is 19.5 Å². The Balaban J connectivity index is 2.13. The van der Waals surface area contributed by atoms with Gasteiger partial charge in [0.25, 0.3) is 0 Å². The summed E-state index contributed by atoms with van der Waals surface area (Å²) in [7, 11) is 0. The van der Waals surface area contributed by atoms with Crippen molar-refractivity contribution < 1.29 is 4.79 Å². The second-order valence-corrected chi connectivity index (χ2v) is 3.33. The second-order valence-electron chi connectivity index (χ2n) is 3.33. The SMILES string of the molecule is C#CCC(=O)CCNCc1ccccc1. The first-order chi connectivity index (χ1) is 7.33. The van der Waals surface area contributed by atoms with E-state index in [9.17, 15) is 4.79 Å². The highest BCUT2D eigenvalue weighted by Crippen LogP contribution is 1.97. The lowest BCUT2D eigenvalue weighted by molar-refractivity contribution is -0.118. The van der Waals surface area contributed by atoms with Gasteiger partial charge in [-0.15, -0.1) is 6.42 Å². The number of terminal acetylenes is 1. The van der Waals surface area contributed by atoms with E-state index in [-0.39, 0.29) is 12.2 Å². The van der Waals surface area contributed by atoms with E-state index in [4.69, 9.17) is 6.42 Å². The molecule has 0 aliphatic carbocycles. The molecule has 0 amide bonds. The molecule has 0 aliphatic rings. The average molecular weight is 201 g/mol. The summed E-state index contributed by atoms with van der Waals surface area (Å²) in [6.45, 7) is 1.49. The van der Waals surface area contributed by atoms with Crippen molar-refractivity contribution in [2.75, 3.05) is 6.54 Å². The van der Waals surface area contributed by atoms with Crippen LogP contribution in [0.5, 0.6) is 0 Å². The minimum Gasteiger partial charge on any atom is -0.312 e. The van der Waals surface area contributed by atoms with Gasteiger partial charge in [-0.1, -0.05) is 36.3 Å². The number of nitrogens with one attached hydrogen (secondary N) is 1. The zero-order valence-corrected chi connectivity index (χ0v) is 8.70. The third kappa shape index (κ3) is 4.99. The predicted molar refractivity (Wildman–Crippen MR) is 61.2 cm³/mol. The van der Waals surface area contributed by atoms with Crippen molar-refractivity contribution in [3.05, 3.63) is 35.9 Å². The summed E-state index contributed by atoms with van der Waals surface area (Å²) in [6, 6.07) is 10.1. The molecule has 1 rings (SSSR count). The van der Waals surface area contributed by atoms with Gasteiger partial charge in [-0.25, -0.2) is 0 Å². The minimum atomic E-state index is 0.123. The lowest BCUT2D eigenvalue weighted by Crippen LogP contribution is -2.17. The number of hydrogen-bond donors (Lipinski definition) is 1. The van der Waals surface area contributed by atoms with E-state index in [1.54, 1.807) is 0 Å². The van der Waals surface area contributed by atoms with Crippen LogP contribution in [0.2, 0.25) is 0 Å². The van der Waals surface area contributed by atoms with E-state index < -0.39 is 0 Å². The van der Waals surface area contributed by atoms with E-state index in [0.717, 1.165) is 6.54 Å². The summed E-state index contributed by atoms with van der Waals surface area (Å²) in [5.41, 5.74) is 1.22. The van der Waals surface area contributed by atoms with Gasteiger partial charge in [0.1, 0.15) is 5.78 Å². The number of ketones is 1. The molecule has 78 valence electrons. The molecule has 0 saturated heterocycles. The molecule has 2 nitrogen and oxygen atoms in total. The van der Waals surface area contributed by atoms with Gasteiger partial charge in [-0.05, 0) is 5.56 Å². The summed E-state index contributed by atoms with van der Waals surface area (Å²) in [5, 5.41) is 3.20. The standard InChI is InChI=1S/C13H15NO/c1-2-6-13(15)9-10-14-11-12-7-4-3-5-8-12/h1,3-5,7-8,14H,6,9-11H2. The first-order valence-electron chi connectivity index (χ1n) is 5.02. The predicted octanol–water partition coefficient (Wildman–Crippen LogP) is 1.76. The monoisotopic (exact) mass is 201 g/mol. The maximum absolute atomic E-state index is 11.1. The quantitative estimate of drug-likeness (QED) is 0.561. The molecule has 0 bridgehead atoms. The molecule has 0 saturated carbocycles. The van der Waals surface area contributed by atoms with Crippen molar-refractivity contribution in [2.45, 2.75) is 19.4 Å². The summed E-state index contributed by atoms with van der Waals surface area (Å²) < 4.78 is 0. The first-order valence-corrected chi connectivity index (χ1v) is 5.02. The van der Waals surface area contributed by atoms with E-state index in [1.807, 2.05) is 18.2 Å². The molecule has 0 aromatic heterocycles. The molecule has 0 radical (unpaired) electrons. The highest BCUT2D eigenvalue weighted by molar-refractivity contribution is 5.80. The average Bonchev–Trinajstić information content (AvgIpc) is 2.26. The topological polar surface area (TPSA) is 29.1 Å². The smallest absolute Gasteiger partial charge is 0.146 e. The number of benzene rings is 1. The van der Waals surface area contributed by atoms with Crippen LogP contribution in [0.15, 0.2) is 30.3 Å². The Morgan fingerprint density at radius 3 is 2.73 bits per heavy atom. The molecular weight excluding hydrogens is 186 g/mol. The molecule has 0 aliphatic heterocycles. The van der Waals surface area contributed by atoms with Crippen LogP contribution >= 0.6 is 0 Å². The van der Waals surface area contributed by atoms with Gasteiger partial charge in [-0.2, -0.15) is 0 Å². The highest BCUT2D eigenvalue weighted by atomic mass is 16.1. The fourth-order valence-electron chi connectivity index (χ4n) is 1.26. The molecule has 15 heavy (non-hydrogen) atoms. The number of Topliss-reactive ketones (excluding diaryl/α,β-unsaturated/α-hetero) is 1. The molecule has 0 spiro atoms. The van der Waals surface area contributed by atoms with Crippen LogP contribution in [0.1, 0.15) is 18.4 Å². The van der Waals surface area contributed by atoms with Gasteiger partial charge in [0.05, 0.1) is 6.42 Å². The lowest BCUT2D eigenvalue weighted by atomic mass is 10.2. The molecule has 0 atom stereocenters.